The second-order valence-corrected chi connectivity index (χ2v) is 19.5. The molecule has 0 spiro atoms. The molecule has 0 heterocycles. The van der Waals surface area contributed by atoms with Crippen LogP contribution < -0.4 is 0 Å². The highest BCUT2D eigenvalue weighted by Gasteiger charge is 2.70. The predicted octanol–water partition coefficient (Wildman–Crippen LogP) is 5.10. The lowest BCUT2D eigenvalue weighted by Crippen LogP contribution is -2.67. The van der Waals surface area contributed by atoms with Crippen molar-refractivity contribution in [1.29, 1.82) is 0 Å². The van der Waals surface area contributed by atoms with Crippen LogP contribution in [0.3, 0.4) is 0 Å². The molecule has 3 aliphatic rings. The minimum absolute atomic E-state index is 0.00642. The molecule has 0 aromatic heterocycles. The predicted molar refractivity (Wildman–Crippen MR) is 123 cm³/mol. The zero-order chi connectivity index (χ0) is 28.4. The van der Waals surface area contributed by atoms with Gasteiger partial charge < -0.3 is 4.74 Å². The van der Waals surface area contributed by atoms with Gasteiger partial charge in [-0.25, -0.2) is 21.6 Å². The monoisotopic (exact) mass is 595 g/mol. The van der Waals surface area contributed by atoms with E-state index in [1.807, 2.05) is 13.8 Å². The van der Waals surface area contributed by atoms with Gasteiger partial charge in [0, 0.05) is 0 Å². The molecule has 210 valence electrons. The van der Waals surface area contributed by atoms with Crippen LogP contribution in [0.1, 0.15) is 37.0 Å². The number of carbonyl (C=O) groups is 1. The van der Waals surface area contributed by atoms with Crippen LogP contribution in [-0.4, -0.2) is 52.0 Å². The smallest absolute Gasteiger partial charge is 0.462 e. The van der Waals surface area contributed by atoms with Crippen molar-refractivity contribution in [1.82, 2.24) is 3.38 Å². The Labute approximate surface area is 212 Å². The molecule has 0 amide bonds. The van der Waals surface area contributed by atoms with Crippen LogP contribution >= 0.6 is 0 Å². The van der Waals surface area contributed by atoms with Crippen molar-refractivity contribution in [3.8, 4) is 0 Å². The van der Waals surface area contributed by atoms with E-state index in [9.17, 15) is 48.0 Å². The number of nitrogens with zero attached hydrogens (tertiary/aromatic N) is 1. The Balaban J connectivity index is 2.08. The summed E-state index contributed by atoms with van der Waals surface area (Å²) >= 11 is 0. The van der Waals surface area contributed by atoms with Gasteiger partial charge in [0.1, 0.15) is 0 Å². The van der Waals surface area contributed by atoms with E-state index in [0.717, 1.165) is 13.1 Å². The Morgan fingerprint density at radius 1 is 0.973 bits per heavy atom. The summed E-state index contributed by atoms with van der Waals surface area (Å²) in [7, 11) is -18.6. The van der Waals surface area contributed by atoms with Crippen molar-refractivity contribution in [2.24, 2.45) is 23.2 Å². The minimum atomic E-state index is -6.94. The number of sulfonamides is 2. The Bertz CT molecular complexity index is 1200. The number of hydrogen-bond donors (Lipinski definition) is 0. The first kappa shape index (κ1) is 29.9. The average Bonchev–Trinajstić information content (AvgIpc) is 2.75. The fraction of sp³-hybridized carbons (Fsp3) is 0.667. The number of carbonyl (C=O) groups excluding carboxylic acids is 1. The summed E-state index contributed by atoms with van der Waals surface area (Å²) in [5.41, 5.74) is -14.0. The zero-order valence-corrected chi connectivity index (χ0v) is 22.9. The highest BCUT2D eigenvalue weighted by atomic mass is 32.3. The molecule has 0 aliphatic heterocycles. The molecule has 0 N–H and O–H groups in total. The standard InChI is InChI=1S/C21H27F6NO6S2Si/c1-19(2)14-10-16(19)15(12-34-18(29)13-8-6-5-7-9-13)17(11-14)37(3,4)28(35(30,31)20(22,23)24)36(32,33)21(25,26)27/h5-9,14-17H,10-12H2,1-4H3/t14-,15+,16+,17+/m1/s1. The van der Waals surface area contributed by atoms with Gasteiger partial charge in [0.05, 0.1) is 12.2 Å². The molecule has 3 aliphatic carbocycles. The second kappa shape index (κ2) is 9.22. The normalized spacial score (nSPS) is 26.5. The molecule has 2 bridgehead atoms. The number of hydrogen-bond acceptors (Lipinski definition) is 6. The van der Waals surface area contributed by atoms with Crippen LogP contribution in [0.4, 0.5) is 26.3 Å². The van der Waals surface area contributed by atoms with Gasteiger partial charge in [-0.3, -0.25) is 0 Å². The Morgan fingerprint density at radius 3 is 1.89 bits per heavy atom. The van der Waals surface area contributed by atoms with Gasteiger partial charge in [-0.15, -0.1) is 3.38 Å². The van der Waals surface area contributed by atoms with E-state index in [2.05, 4.69) is 0 Å². The maximum atomic E-state index is 13.5. The van der Waals surface area contributed by atoms with E-state index in [0.29, 0.717) is 6.42 Å². The molecule has 16 heteroatoms. The quantitative estimate of drug-likeness (QED) is 0.247. The van der Waals surface area contributed by atoms with Crippen molar-refractivity contribution < 1.29 is 52.7 Å². The van der Waals surface area contributed by atoms with Crippen LogP contribution in [0.2, 0.25) is 18.6 Å². The fourth-order valence-electron chi connectivity index (χ4n) is 5.89. The minimum Gasteiger partial charge on any atom is -0.462 e. The summed E-state index contributed by atoms with van der Waals surface area (Å²) in [5.74, 6) is -2.15. The Hall–Kier alpha value is -1.65. The number of alkyl halides is 6. The summed E-state index contributed by atoms with van der Waals surface area (Å²) in [4.78, 5) is 12.5. The lowest BCUT2D eigenvalue weighted by atomic mass is 9.45. The van der Waals surface area contributed by atoms with Gasteiger partial charge in [-0.2, -0.15) is 26.3 Å². The molecule has 4 rings (SSSR count). The zero-order valence-electron chi connectivity index (χ0n) is 20.3. The summed E-state index contributed by atoms with van der Waals surface area (Å²) in [6.45, 7) is 5.04. The van der Waals surface area contributed by atoms with E-state index in [1.165, 1.54) is 12.1 Å². The number of esters is 1. The first-order valence-electron chi connectivity index (χ1n) is 11.2. The van der Waals surface area contributed by atoms with Crippen molar-refractivity contribution in [2.45, 2.75) is 56.3 Å². The van der Waals surface area contributed by atoms with Gasteiger partial charge in [0.2, 0.25) is 0 Å². The third-order valence-corrected chi connectivity index (χ3v) is 18.8. The third-order valence-electron chi connectivity index (χ3n) is 7.93. The van der Waals surface area contributed by atoms with Gasteiger partial charge in [0.15, 0.2) is 8.24 Å². The number of benzene rings is 1. The van der Waals surface area contributed by atoms with Gasteiger partial charge in [-0.05, 0) is 53.7 Å². The molecule has 4 atom stereocenters. The molecular formula is C21H27F6NO6S2Si. The van der Waals surface area contributed by atoms with E-state index in [-0.39, 0.29) is 23.8 Å². The van der Waals surface area contributed by atoms with Crippen LogP contribution in [0.25, 0.3) is 0 Å². The molecule has 0 unspecified atom stereocenters. The van der Waals surface area contributed by atoms with E-state index in [4.69, 9.17) is 4.74 Å². The van der Waals surface area contributed by atoms with Crippen LogP contribution in [-0.2, 0) is 24.8 Å². The molecule has 37 heavy (non-hydrogen) atoms. The second-order valence-electron chi connectivity index (χ2n) is 10.6. The summed E-state index contributed by atoms with van der Waals surface area (Å²) in [6.07, 6.45) is 0.535. The maximum Gasteiger partial charge on any atom is 0.512 e. The highest BCUT2D eigenvalue weighted by molar-refractivity contribution is 8.06. The van der Waals surface area contributed by atoms with E-state index >= 15 is 0 Å². The first-order chi connectivity index (χ1) is 16.6. The largest absolute Gasteiger partial charge is 0.512 e. The fourth-order valence-corrected chi connectivity index (χ4v) is 16.7. The average molecular weight is 596 g/mol. The lowest BCUT2D eigenvalue weighted by Gasteiger charge is -2.64. The molecule has 3 saturated carbocycles. The number of halogens is 6. The number of fused-ring (bicyclic) bond motifs is 2. The molecule has 0 radical (unpaired) electrons. The van der Waals surface area contributed by atoms with Gasteiger partial charge >= 0.3 is 37.0 Å². The summed E-state index contributed by atoms with van der Waals surface area (Å²) in [5, 5.41) is 0. The van der Waals surface area contributed by atoms with Gasteiger partial charge in [0.25, 0.3) is 0 Å². The summed E-state index contributed by atoms with van der Waals surface area (Å²) in [6, 6.07) is 7.69. The maximum absolute atomic E-state index is 13.5. The molecular weight excluding hydrogens is 568 g/mol. The molecule has 0 saturated heterocycles. The van der Waals surface area contributed by atoms with Crippen molar-refractivity contribution in [2.75, 3.05) is 6.61 Å². The molecule has 7 nitrogen and oxygen atoms in total. The van der Waals surface area contributed by atoms with Crippen LogP contribution in [0.5, 0.6) is 0 Å². The van der Waals surface area contributed by atoms with E-state index < -0.39 is 72.1 Å². The third kappa shape index (κ3) is 4.93. The van der Waals surface area contributed by atoms with Crippen molar-refractivity contribution >= 4 is 34.3 Å². The highest BCUT2D eigenvalue weighted by Crippen LogP contribution is 2.67. The lowest BCUT2D eigenvalue weighted by molar-refractivity contribution is -0.119. The first-order valence-corrected chi connectivity index (χ1v) is 17.1. The topological polar surface area (TPSA) is 97.8 Å². The molecule has 1 aromatic carbocycles. The number of rotatable bonds is 7. The molecule has 1 aromatic rings. The SMILES string of the molecule is CC1(C)[C@@H]2C[C@H]1[C@H](COC(=O)c1ccccc1)[C@@H]([Si](C)(C)N(S(=O)(=O)C(F)(F)F)S(=O)(=O)C(F)(F)F)C2. The van der Waals surface area contributed by atoms with Crippen molar-refractivity contribution in [3.63, 3.8) is 0 Å². The number of ether oxygens (including phenoxy) is 1. The van der Waals surface area contributed by atoms with Crippen molar-refractivity contribution in [3.05, 3.63) is 35.9 Å². The van der Waals surface area contributed by atoms with Crippen LogP contribution in [0, 0.1) is 23.2 Å². The van der Waals surface area contributed by atoms with Crippen LogP contribution in [0.15, 0.2) is 30.3 Å². The Morgan fingerprint density at radius 2 is 1.46 bits per heavy atom. The Kier molecular flexibility index (Phi) is 7.45. The van der Waals surface area contributed by atoms with E-state index in [1.54, 1.807) is 18.2 Å². The molecule has 3 fully saturated rings. The van der Waals surface area contributed by atoms with Gasteiger partial charge in [-0.1, -0.05) is 45.1 Å². The summed E-state index contributed by atoms with van der Waals surface area (Å²) < 4.78 is 135.